The van der Waals surface area contributed by atoms with Crippen molar-refractivity contribution in [2.24, 2.45) is 23.2 Å². The summed E-state index contributed by atoms with van der Waals surface area (Å²) in [6.45, 7) is 5.46. The highest BCUT2D eigenvalue weighted by Crippen LogP contribution is 2.60. The molecule has 0 aromatic heterocycles. The van der Waals surface area contributed by atoms with Crippen LogP contribution in [0.4, 0.5) is 26.3 Å². The number of hydrogen-bond donors (Lipinski definition) is 4. The number of allylic oxidation sites excluding steroid dienone is 3. The van der Waals surface area contributed by atoms with Gasteiger partial charge >= 0.3 is 18.0 Å². The lowest BCUT2D eigenvalue weighted by Crippen LogP contribution is -2.55. The maximum atomic E-state index is 13.2. The van der Waals surface area contributed by atoms with Crippen molar-refractivity contribution in [3.05, 3.63) is 23.3 Å². The zero-order valence-electron chi connectivity index (χ0n) is 24.1. The summed E-state index contributed by atoms with van der Waals surface area (Å²) in [4.78, 5) is 0. The molecule has 0 bridgehead atoms. The summed E-state index contributed by atoms with van der Waals surface area (Å²) in [5, 5.41) is 39.7. The average molecular weight is 595 g/mol. The van der Waals surface area contributed by atoms with E-state index in [-0.39, 0.29) is 29.6 Å². The molecule has 0 heterocycles. The zero-order valence-corrected chi connectivity index (χ0v) is 24.1. The molecule has 0 radical (unpaired) electrons. The predicted molar refractivity (Wildman–Crippen MR) is 143 cm³/mol. The molecule has 0 spiro atoms. The molecule has 4 N–H and O–H groups in total. The van der Waals surface area contributed by atoms with Crippen molar-refractivity contribution in [1.29, 1.82) is 0 Å². The Kier molecular flexibility index (Phi) is 10.4. The summed E-state index contributed by atoms with van der Waals surface area (Å²) in [5.74, 6) is 3.13. The van der Waals surface area contributed by atoms with Crippen molar-refractivity contribution in [1.82, 2.24) is 0 Å². The number of halogens is 6. The minimum Gasteiger partial charge on any atom is -0.393 e. The number of fused-ring (bicyclic) bond motifs is 1. The second-order valence-corrected chi connectivity index (χ2v) is 13.3. The van der Waals surface area contributed by atoms with Crippen LogP contribution in [0.2, 0.25) is 0 Å². The predicted octanol–water partition coefficient (Wildman–Crippen LogP) is 6.77. The van der Waals surface area contributed by atoms with Gasteiger partial charge in [-0.15, -0.1) is 0 Å². The van der Waals surface area contributed by atoms with E-state index in [0.29, 0.717) is 38.5 Å². The molecule has 3 fully saturated rings. The summed E-state index contributed by atoms with van der Waals surface area (Å²) in [7, 11) is 0. The molecule has 0 aromatic carbocycles. The summed E-state index contributed by atoms with van der Waals surface area (Å²) in [6.07, 6.45) is -2.19. The zero-order chi connectivity index (χ0) is 30.9. The van der Waals surface area contributed by atoms with Crippen LogP contribution < -0.4 is 0 Å². The molecule has 0 aromatic rings. The molecular weight excluding hydrogens is 550 g/mol. The van der Waals surface area contributed by atoms with E-state index in [2.05, 4.69) is 18.9 Å². The molecule has 234 valence electrons. The molecule has 10 heteroatoms. The fraction of sp³-hybridized carbons (Fsp3) is 0.806. The highest BCUT2D eigenvalue weighted by molar-refractivity contribution is 5.27. The summed E-state index contributed by atoms with van der Waals surface area (Å²) in [5.41, 5.74) is -4.05. The SMILES string of the molecule is CC(C)(O)CCC[C@@H](CC#CC(O)(C(F)(F)F)C(F)(F)F)[C@H]1CCC2/C(=C/C=C3C[C@@H](O)C[C@H](O)C3)CCC[C@@]21C. The summed E-state index contributed by atoms with van der Waals surface area (Å²) >= 11 is 0. The van der Waals surface area contributed by atoms with Gasteiger partial charge < -0.3 is 20.4 Å². The van der Waals surface area contributed by atoms with Crippen LogP contribution in [0.15, 0.2) is 23.3 Å². The molecule has 41 heavy (non-hydrogen) atoms. The number of aliphatic hydroxyl groups excluding tert-OH is 2. The first-order chi connectivity index (χ1) is 18.8. The highest BCUT2D eigenvalue weighted by Gasteiger charge is 2.70. The molecule has 0 saturated heterocycles. The Morgan fingerprint density at radius 2 is 1.59 bits per heavy atom. The number of rotatable bonds is 7. The second kappa shape index (κ2) is 12.6. The van der Waals surface area contributed by atoms with Gasteiger partial charge in [0.1, 0.15) is 0 Å². The standard InChI is InChI=1S/C31H44F6O4/c1-27(2,40)14-4-7-21(9-6-16-29(41,30(32,33)34)31(35,36)37)25-12-13-26-22(8-5-15-28(25,26)3)11-10-20-17-23(38)19-24(39)18-20/h10-11,21,23-26,38-41H,4-5,7-9,12-15,17-19H2,1-3H3/b22-11+/t21-,23+,24+,25+,26?,28+/m0/s1. The van der Waals surface area contributed by atoms with Crippen molar-refractivity contribution in [3.63, 3.8) is 0 Å². The van der Waals surface area contributed by atoms with Gasteiger partial charge in [-0.25, -0.2) is 0 Å². The van der Waals surface area contributed by atoms with E-state index < -0.39 is 35.8 Å². The van der Waals surface area contributed by atoms with Crippen LogP contribution in [0.25, 0.3) is 0 Å². The van der Waals surface area contributed by atoms with Gasteiger partial charge in [0.25, 0.3) is 0 Å². The maximum Gasteiger partial charge on any atom is 0.438 e. The van der Waals surface area contributed by atoms with Gasteiger partial charge in [0.15, 0.2) is 0 Å². The molecule has 3 aliphatic carbocycles. The third-order valence-electron chi connectivity index (χ3n) is 9.50. The third kappa shape index (κ3) is 8.10. The highest BCUT2D eigenvalue weighted by atomic mass is 19.4. The van der Waals surface area contributed by atoms with Crippen LogP contribution in [0.1, 0.15) is 97.8 Å². The van der Waals surface area contributed by atoms with Gasteiger partial charge in [-0.05, 0) is 107 Å². The number of hydrogen-bond acceptors (Lipinski definition) is 4. The van der Waals surface area contributed by atoms with E-state index in [9.17, 15) is 46.8 Å². The Hall–Kier alpha value is -1.54. The van der Waals surface area contributed by atoms with E-state index in [0.717, 1.165) is 43.6 Å². The minimum absolute atomic E-state index is 0.00292. The Morgan fingerprint density at radius 1 is 0.976 bits per heavy atom. The Morgan fingerprint density at radius 3 is 2.15 bits per heavy atom. The smallest absolute Gasteiger partial charge is 0.393 e. The van der Waals surface area contributed by atoms with Crippen LogP contribution in [-0.2, 0) is 0 Å². The Bertz CT molecular complexity index is 1000. The van der Waals surface area contributed by atoms with Crippen molar-refractivity contribution in [3.8, 4) is 11.8 Å². The summed E-state index contributed by atoms with van der Waals surface area (Å²) in [6, 6.07) is 0. The van der Waals surface area contributed by atoms with E-state index in [1.165, 1.54) is 5.57 Å². The largest absolute Gasteiger partial charge is 0.438 e. The minimum atomic E-state index is -5.99. The lowest BCUT2D eigenvalue weighted by atomic mass is 9.60. The molecule has 4 nitrogen and oxygen atoms in total. The maximum absolute atomic E-state index is 13.2. The molecule has 0 aliphatic heterocycles. The molecule has 3 rings (SSSR count). The number of alkyl halides is 6. The molecular formula is C31H44F6O4. The average Bonchev–Trinajstić information content (AvgIpc) is 3.16. The molecule has 3 aliphatic rings. The molecule has 6 atom stereocenters. The van der Waals surface area contributed by atoms with Crippen molar-refractivity contribution >= 4 is 0 Å². The van der Waals surface area contributed by atoms with Crippen LogP contribution in [0.3, 0.4) is 0 Å². The molecule has 0 amide bonds. The normalized spacial score (nSPS) is 31.4. The van der Waals surface area contributed by atoms with Gasteiger partial charge in [-0.2, -0.15) is 26.3 Å². The quantitative estimate of drug-likeness (QED) is 0.194. The third-order valence-corrected chi connectivity index (χ3v) is 9.50. The number of aliphatic hydroxyl groups is 4. The fourth-order valence-electron chi connectivity index (χ4n) is 7.44. The van der Waals surface area contributed by atoms with E-state index in [1.807, 2.05) is 6.08 Å². The van der Waals surface area contributed by atoms with Crippen LogP contribution in [0, 0.1) is 35.0 Å². The fourth-order valence-corrected chi connectivity index (χ4v) is 7.44. The van der Waals surface area contributed by atoms with E-state index in [1.54, 1.807) is 13.8 Å². The van der Waals surface area contributed by atoms with Crippen LogP contribution >= 0.6 is 0 Å². The second-order valence-electron chi connectivity index (χ2n) is 13.3. The van der Waals surface area contributed by atoms with Gasteiger partial charge in [-0.1, -0.05) is 42.6 Å². The Labute approximate surface area is 238 Å². The van der Waals surface area contributed by atoms with Crippen molar-refractivity contribution < 1.29 is 46.8 Å². The first-order valence-corrected chi connectivity index (χ1v) is 14.6. The van der Waals surface area contributed by atoms with Crippen LogP contribution in [-0.4, -0.2) is 56.2 Å². The van der Waals surface area contributed by atoms with E-state index in [4.69, 9.17) is 0 Å². The first-order valence-electron chi connectivity index (χ1n) is 14.6. The summed E-state index contributed by atoms with van der Waals surface area (Å²) < 4.78 is 79.2. The lowest BCUT2D eigenvalue weighted by Gasteiger charge is -2.45. The topological polar surface area (TPSA) is 80.9 Å². The lowest BCUT2D eigenvalue weighted by molar-refractivity contribution is -0.343. The molecule has 1 unspecified atom stereocenters. The first kappa shape index (κ1) is 34.0. The van der Waals surface area contributed by atoms with Crippen molar-refractivity contribution in [2.75, 3.05) is 0 Å². The van der Waals surface area contributed by atoms with Crippen molar-refractivity contribution in [2.45, 2.75) is 134 Å². The van der Waals surface area contributed by atoms with Gasteiger partial charge in [0.05, 0.1) is 17.8 Å². The monoisotopic (exact) mass is 594 g/mol. The Balaban J connectivity index is 1.87. The molecule has 3 saturated carbocycles. The van der Waals surface area contributed by atoms with Gasteiger partial charge in [-0.3, -0.25) is 0 Å². The van der Waals surface area contributed by atoms with Crippen LogP contribution in [0.5, 0.6) is 0 Å². The van der Waals surface area contributed by atoms with Gasteiger partial charge in [0, 0.05) is 6.42 Å². The van der Waals surface area contributed by atoms with Gasteiger partial charge in [0.2, 0.25) is 0 Å². The van der Waals surface area contributed by atoms with E-state index >= 15 is 0 Å².